The molecular formula is C18H23N. The van der Waals surface area contributed by atoms with E-state index in [2.05, 4.69) is 57.1 Å². The maximum Gasteiger partial charge on any atom is 0.0348 e. The molecule has 0 unspecified atom stereocenters. The molecule has 1 nitrogen and oxygen atoms in total. The van der Waals surface area contributed by atoms with Crippen molar-refractivity contribution in [1.29, 1.82) is 0 Å². The van der Waals surface area contributed by atoms with Crippen LogP contribution in [0.4, 0.5) is 0 Å². The number of allylic oxidation sites excluding steroid dienone is 4. The zero-order valence-corrected chi connectivity index (χ0v) is 12.7. The Balaban J connectivity index is 3.45. The lowest BCUT2D eigenvalue weighted by Crippen LogP contribution is -1.96. The highest BCUT2D eigenvalue weighted by Crippen LogP contribution is 2.27. The van der Waals surface area contributed by atoms with Gasteiger partial charge in [-0.15, -0.1) is 0 Å². The summed E-state index contributed by atoms with van der Waals surface area (Å²) in [5, 5.41) is 0. The van der Waals surface area contributed by atoms with E-state index in [9.17, 15) is 0 Å². The van der Waals surface area contributed by atoms with Gasteiger partial charge in [-0.25, -0.2) is 0 Å². The van der Waals surface area contributed by atoms with Crippen LogP contribution in [0.15, 0.2) is 47.6 Å². The Bertz CT molecular complexity index is 567. The second-order valence-electron chi connectivity index (χ2n) is 5.24. The van der Waals surface area contributed by atoms with Crippen molar-refractivity contribution < 1.29 is 0 Å². The van der Waals surface area contributed by atoms with Gasteiger partial charge in [-0.3, -0.25) is 4.99 Å². The van der Waals surface area contributed by atoms with Crippen LogP contribution in [0.5, 0.6) is 0 Å². The van der Waals surface area contributed by atoms with Gasteiger partial charge < -0.3 is 0 Å². The highest BCUT2D eigenvalue weighted by Gasteiger charge is 2.08. The van der Waals surface area contributed by atoms with Crippen molar-refractivity contribution in [3.63, 3.8) is 0 Å². The fourth-order valence-corrected chi connectivity index (χ4v) is 1.89. The van der Waals surface area contributed by atoms with E-state index in [1.54, 1.807) is 0 Å². The molecule has 0 fully saturated rings. The van der Waals surface area contributed by atoms with E-state index < -0.39 is 0 Å². The van der Waals surface area contributed by atoms with Crippen molar-refractivity contribution in [1.82, 2.24) is 0 Å². The second-order valence-corrected chi connectivity index (χ2v) is 5.24. The number of hydrogen-bond donors (Lipinski definition) is 0. The summed E-state index contributed by atoms with van der Waals surface area (Å²) in [5.41, 5.74) is 7.86. The molecule has 0 aliphatic rings. The SMILES string of the molecule is C=C(C)N=CC(=C(C)C)c1ccc(C)cc1C(=C)C. The van der Waals surface area contributed by atoms with Crippen LogP contribution in [0.3, 0.4) is 0 Å². The molecule has 0 spiro atoms. The predicted molar refractivity (Wildman–Crippen MR) is 87.5 cm³/mol. The number of aryl methyl sites for hydroxylation is 1. The van der Waals surface area contributed by atoms with E-state index >= 15 is 0 Å². The molecule has 0 aliphatic carbocycles. The van der Waals surface area contributed by atoms with Crippen molar-refractivity contribution in [3.8, 4) is 0 Å². The number of aliphatic imine (C=N–C) groups is 1. The molecule has 0 radical (unpaired) electrons. The summed E-state index contributed by atoms with van der Waals surface area (Å²) in [6, 6.07) is 6.45. The summed E-state index contributed by atoms with van der Waals surface area (Å²) in [6.07, 6.45) is 1.90. The Morgan fingerprint density at radius 2 is 1.68 bits per heavy atom. The monoisotopic (exact) mass is 253 g/mol. The highest BCUT2D eigenvalue weighted by molar-refractivity contribution is 6.12. The molecule has 0 heterocycles. The van der Waals surface area contributed by atoms with Crippen LogP contribution in [0.2, 0.25) is 0 Å². The third-order valence-corrected chi connectivity index (χ3v) is 2.88. The zero-order chi connectivity index (χ0) is 14.6. The average molecular weight is 253 g/mol. The molecule has 1 rings (SSSR count). The lowest BCUT2D eigenvalue weighted by molar-refractivity contribution is 1.33. The largest absolute Gasteiger partial charge is 0.262 e. The maximum atomic E-state index is 4.34. The molecule has 1 aromatic rings. The standard InChI is InChI=1S/C18H23N/c1-12(2)17-10-15(7)8-9-16(17)18(13(3)4)11-19-14(5)6/h8-11H,1,5H2,2-4,6-7H3. The fraction of sp³-hybridized carbons (Fsp3) is 0.278. The summed E-state index contributed by atoms with van der Waals surface area (Å²) >= 11 is 0. The van der Waals surface area contributed by atoms with E-state index in [4.69, 9.17) is 0 Å². The quantitative estimate of drug-likeness (QED) is 0.635. The molecular weight excluding hydrogens is 230 g/mol. The van der Waals surface area contributed by atoms with Gasteiger partial charge in [-0.2, -0.15) is 0 Å². The predicted octanol–water partition coefficient (Wildman–Crippen LogP) is 5.43. The number of nitrogens with zero attached hydrogens (tertiary/aromatic N) is 1. The first kappa shape index (κ1) is 15.2. The second kappa shape index (κ2) is 6.33. The lowest BCUT2D eigenvalue weighted by atomic mass is 9.92. The molecule has 0 bridgehead atoms. The lowest BCUT2D eigenvalue weighted by Gasteiger charge is -2.13. The molecule has 0 saturated heterocycles. The van der Waals surface area contributed by atoms with E-state index in [1.807, 2.05) is 20.1 Å². The summed E-state index contributed by atoms with van der Waals surface area (Å²) in [6.45, 7) is 18.1. The van der Waals surface area contributed by atoms with Gasteiger partial charge in [0.2, 0.25) is 0 Å². The summed E-state index contributed by atoms with van der Waals surface area (Å²) in [5.74, 6) is 0. The number of benzene rings is 1. The molecule has 0 N–H and O–H groups in total. The molecule has 0 aliphatic heterocycles. The first-order chi connectivity index (χ1) is 8.82. The Labute approximate surface area is 117 Å². The van der Waals surface area contributed by atoms with Crippen molar-refractivity contribution in [3.05, 3.63) is 59.3 Å². The molecule has 0 atom stereocenters. The Morgan fingerprint density at radius 1 is 1.05 bits per heavy atom. The van der Waals surface area contributed by atoms with Crippen molar-refractivity contribution in [2.75, 3.05) is 0 Å². The fourth-order valence-electron chi connectivity index (χ4n) is 1.89. The molecule has 1 aromatic carbocycles. The minimum absolute atomic E-state index is 0.808. The van der Waals surface area contributed by atoms with Gasteiger partial charge in [-0.1, -0.05) is 48.1 Å². The first-order valence-corrected chi connectivity index (χ1v) is 6.47. The van der Waals surface area contributed by atoms with Crippen LogP contribution in [-0.2, 0) is 0 Å². The van der Waals surface area contributed by atoms with Crippen molar-refractivity contribution in [2.45, 2.75) is 34.6 Å². The van der Waals surface area contributed by atoms with Crippen LogP contribution >= 0.6 is 0 Å². The summed E-state index contributed by atoms with van der Waals surface area (Å²) in [4.78, 5) is 4.34. The van der Waals surface area contributed by atoms with Crippen LogP contribution in [0.1, 0.15) is 44.4 Å². The first-order valence-electron chi connectivity index (χ1n) is 6.47. The van der Waals surface area contributed by atoms with E-state index in [1.165, 1.54) is 22.3 Å². The highest BCUT2D eigenvalue weighted by atomic mass is 14.7. The number of hydrogen-bond acceptors (Lipinski definition) is 1. The third-order valence-electron chi connectivity index (χ3n) is 2.88. The Kier molecular flexibility index (Phi) is 5.05. The van der Waals surface area contributed by atoms with Crippen LogP contribution < -0.4 is 0 Å². The van der Waals surface area contributed by atoms with Gasteiger partial charge in [0, 0.05) is 11.9 Å². The summed E-state index contributed by atoms with van der Waals surface area (Å²) < 4.78 is 0. The Hall–Kier alpha value is -1.89. The third kappa shape index (κ3) is 4.06. The van der Waals surface area contributed by atoms with Gasteiger partial charge in [-0.05, 0) is 51.3 Å². The average Bonchev–Trinajstić information content (AvgIpc) is 2.29. The van der Waals surface area contributed by atoms with Gasteiger partial charge in [0.25, 0.3) is 0 Å². The van der Waals surface area contributed by atoms with Crippen LogP contribution in [0.25, 0.3) is 11.1 Å². The minimum atomic E-state index is 0.808. The smallest absolute Gasteiger partial charge is 0.0348 e. The maximum absolute atomic E-state index is 4.34. The van der Waals surface area contributed by atoms with Gasteiger partial charge in [0.05, 0.1) is 0 Å². The van der Waals surface area contributed by atoms with Crippen LogP contribution in [0, 0.1) is 6.92 Å². The molecule has 100 valence electrons. The number of rotatable bonds is 4. The van der Waals surface area contributed by atoms with Gasteiger partial charge in [0.1, 0.15) is 0 Å². The normalized spacial score (nSPS) is 10.6. The van der Waals surface area contributed by atoms with Crippen molar-refractivity contribution >= 4 is 17.4 Å². The molecule has 0 saturated carbocycles. The Morgan fingerprint density at radius 3 is 2.16 bits per heavy atom. The minimum Gasteiger partial charge on any atom is -0.262 e. The molecule has 0 aromatic heterocycles. The molecule has 19 heavy (non-hydrogen) atoms. The summed E-state index contributed by atoms with van der Waals surface area (Å²) in [7, 11) is 0. The zero-order valence-electron chi connectivity index (χ0n) is 12.7. The van der Waals surface area contributed by atoms with E-state index in [-0.39, 0.29) is 0 Å². The topological polar surface area (TPSA) is 12.4 Å². The van der Waals surface area contributed by atoms with Gasteiger partial charge in [0.15, 0.2) is 0 Å². The molecule has 1 heteroatoms. The van der Waals surface area contributed by atoms with Crippen LogP contribution in [-0.4, -0.2) is 6.21 Å². The molecule has 0 amide bonds. The van der Waals surface area contributed by atoms with Crippen molar-refractivity contribution in [2.24, 2.45) is 4.99 Å². The van der Waals surface area contributed by atoms with Gasteiger partial charge >= 0.3 is 0 Å². The van der Waals surface area contributed by atoms with E-state index in [0.29, 0.717) is 0 Å². The van der Waals surface area contributed by atoms with E-state index in [0.717, 1.165) is 16.8 Å².